The van der Waals surface area contributed by atoms with E-state index in [1.807, 2.05) is 0 Å². The first-order valence-electron chi connectivity index (χ1n) is 10.2. The van der Waals surface area contributed by atoms with Crippen LogP contribution >= 0.6 is 11.8 Å². The third kappa shape index (κ3) is 4.96. The predicted molar refractivity (Wildman–Crippen MR) is 120 cm³/mol. The smallest absolute Gasteiger partial charge is 0.321 e. The van der Waals surface area contributed by atoms with E-state index < -0.39 is 6.03 Å². The average molecular weight is 436 g/mol. The number of carbonyl (C=O) groups excluding carboxylic acids is 2. The van der Waals surface area contributed by atoms with Crippen molar-refractivity contribution < 1.29 is 9.59 Å². The summed E-state index contributed by atoms with van der Waals surface area (Å²) in [4.78, 5) is 23.5. The first kappa shape index (κ1) is 21.1. The molecule has 1 unspecified atom stereocenters. The maximum Gasteiger partial charge on any atom is 0.321 e. The predicted octanol–water partition coefficient (Wildman–Crippen LogP) is 3.63. The minimum Gasteiger partial charge on any atom is -0.334 e. The number of aryl methyl sites for hydroxylation is 3. The molecule has 3 aromatic rings. The largest absolute Gasteiger partial charge is 0.334 e. The summed E-state index contributed by atoms with van der Waals surface area (Å²) in [5, 5.41) is 14.8. The fraction of sp³-hybridized carbons (Fsp3) is 0.304. The van der Waals surface area contributed by atoms with Crippen molar-refractivity contribution in [2.24, 2.45) is 0 Å². The molecule has 1 fully saturated rings. The summed E-state index contributed by atoms with van der Waals surface area (Å²) in [6.45, 7) is 6.20. The second-order valence-electron chi connectivity index (χ2n) is 7.93. The number of rotatable bonds is 6. The van der Waals surface area contributed by atoms with E-state index in [0.717, 1.165) is 33.5 Å². The van der Waals surface area contributed by atoms with E-state index in [1.165, 1.54) is 11.1 Å². The lowest BCUT2D eigenvalue weighted by atomic mass is 10.1. The van der Waals surface area contributed by atoms with Crippen LogP contribution in [0.4, 0.5) is 4.79 Å². The van der Waals surface area contributed by atoms with Crippen LogP contribution in [0.5, 0.6) is 0 Å². The van der Waals surface area contributed by atoms with Gasteiger partial charge in [0.25, 0.3) is 0 Å². The Morgan fingerprint density at radius 3 is 2.65 bits per heavy atom. The zero-order valence-corrected chi connectivity index (χ0v) is 18.6. The molecule has 160 valence electrons. The number of hydrogen-bond donors (Lipinski definition) is 2. The van der Waals surface area contributed by atoms with Crippen molar-refractivity contribution in [1.29, 1.82) is 0 Å². The maximum atomic E-state index is 11.8. The molecule has 1 atom stereocenters. The van der Waals surface area contributed by atoms with Gasteiger partial charge in [-0.05, 0) is 43.5 Å². The van der Waals surface area contributed by atoms with E-state index in [-0.39, 0.29) is 18.4 Å². The van der Waals surface area contributed by atoms with Gasteiger partial charge in [0.05, 0.1) is 5.69 Å². The normalized spacial score (nSPS) is 16.2. The van der Waals surface area contributed by atoms with E-state index in [9.17, 15) is 9.59 Å². The number of carbonyl (C=O) groups is 2. The Kier molecular flexibility index (Phi) is 6.08. The molecule has 7 nitrogen and oxygen atoms in total. The standard InChI is InChI=1S/C23H25N5O2S/c1-14-5-4-6-17(9-14)13-31-23-27-26-20(11-18-12-21(29)25-22(30)24-18)28(23)19-10-15(2)7-8-16(19)3/h4-10,18H,11-13H2,1-3H3,(H2,24,25,29,30). The van der Waals surface area contributed by atoms with Gasteiger partial charge in [0, 0.05) is 24.6 Å². The summed E-state index contributed by atoms with van der Waals surface area (Å²) in [6, 6.07) is 13.9. The van der Waals surface area contributed by atoms with Gasteiger partial charge in [-0.15, -0.1) is 10.2 Å². The first-order chi connectivity index (χ1) is 14.9. The molecule has 0 saturated carbocycles. The molecule has 4 rings (SSSR count). The molecular weight excluding hydrogens is 410 g/mol. The van der Waals surface area contributed by atoms with Crippen LogP contribution in [0, 0.1) is 20.8 Å². The minimum absolute atomic E-state index is 0.219. The average Bonchev–Trinajstić information content (AvgIpc) is 3.09. The molecule has 31 heavy (non-hydrogen) atoms. The number of aromatic nitrogens is 3. The van der Waals surface area contributed by atoms with Gasteiger partial charge in [-0.1, -0.05) is 53.7 Å². The van der Waals surface area contributed by atoms with Crippen LogP contribution in [0.25, 0.3) is 5.69 Å². The van der Waals surface area contributed by atoms with Crippen LogP contribution in [0.15, 0.2) is 47.6 Å². The fourth-order valence-corrected chi connectivity index (χ4v) is 4.60. The zero-order valence-electron chi connectivity index (χ0n) is 17.8. The highest BCUT2D eigenvalue weighted by Gasteiger charge is 2.27. The van der Waals surface area contributed by atoms with Crippen molar-refractivity contribution in [2.75, 3.05) is 0 Å². The van der Waals surface area contributed by atoms with E-state index in [2.05, 4.69) is 88.6 Å². The molecule has 1 saturated heterocycles. The number of amides is 3. The second-order valence-corrected chi connectivity index (χ2v) is 8.87. The van der Waals surface area contributed by atoms with Crippen molar-refractivity contribution in [3.8, 4) is 5.69 Å². The van der Waals surface area contributed by atoms with Crippen LogP contribution in [-0.4, -0.2) is 32.7 Å². The minimum atomic E-state index is -0.465. The first-order valence-corrected chi connectivity index (χ1v) is 11.2. The molecule has 0 bridgehead atoms. The molecule has 1 aromatic heterocycles. The Balaban J connectivity index is 1.67. The van der Waals surface area contributed by atoms with Gasteiger partial charge < -0.3 is 5.32 Å². The third-order valence-electron chi connectivity index (χ3n) is 5.21. The van der Waals surface area contributed by atoms with Gasteiger partial charge in [0.1, 0.15) is 5.82 Å². The molecular formula is C23H25N5O2S. The molecule has 8 heteroatoms. The Hall–Kier alpha value is -3.13. The molecule has 2 N–H and O–H groups in total. The van der Waals surface area contributed by atoms with Gasteiger partial charge in [-0.3, -0.25) is 14.7 Å². The van der Waals surface area contributed by atoms with Crippen LogP contribution < -0.4 is 10.6 Å². The number of urea groups is 1. The number of imide groups is 1. The number of nitrogens with zero attached hydrogens (tertiary/aromatic N) is 3. The lowest BCUT2D eigenvalue weighted by Crippen LogP contribution is -2.53. The fourth-order valence-electron chi connectivity index (χ4n) is 3.70. The number of hydrogen-bond acceptors (Lipinski definition) is 5. The molecule has 1 aliphatic rings. The van der Waals surface area contributed by atoms with Crippen molar-refractivity contribution in [1.82, 2.24) is 25.4 Å². The van der Waals surface area contributed by atoms with Crippen molar-refractivity contribution in [2.45, 2.75) is 50.6 Å². The summed E-state index contributed by atoms with van der Waals surface area (Å²) in [7, 11) is 0. The Morgan fingerprint density at radius 1 is 1.06 bits per heavy atom. The monoisotopic (exact) mass is 435 g/mol. The van der Waals surface area contributed by atoms with Gasteiger partial charge in [-0.25, -0.2) is 4.79 Å². The summed E-state index contributed by atoms with van der Waals surface area (Å²) >= 11 is 1.62. The molecule has 3 amide bonds. The highest BCUT2D eigenvalue weighted by molar-refractivity contribution is 7.98. The van der Waals surface area contributed by atoms with E-state index in [1.54, 1.807) is 11.8 Å². The van der Waals surface area contributed by atoms with Crippen LogP contribution in [-0.2, 0) is 17.0 Å². The van der Waals surface area contributed by atoms with Gasteiger partial charge in [0.2, 0.25) is 5.91 Å². The third-order valence-corrected chi connectivity index (χ3v) is 6.21. The second kappa shape index (κ2) is 8.93. The molecule has 2 heterocycles. The summed E-state index contributed by atoms with van der Waals surface area (Å²) in [5.74, 6) is 1.22. The summed E-state index contributed by atoms with van der Waals surface area (Å²) in [6.07, 6.45) is 0.641. The van der Waals surface area contributed by atoms with Crippen LogP contribution in [0.1, 0.15) is 34.5 Å². The molecule has 0 spiro atoms. The molecule has 0 aliphatic carbocycles. The molecule has 0 radical (unpaired) electrons. The molecule has 2 aromatic carbocycles. The van der Waals surface area contributed by atoms with E-state index in [0.29, 0.717) is 6.42 Å². The van der Waals surface area contributed by atoms with Crippen LogP contribution in [0.3, 0.4) is 0 Å². The van der Waals surface area contributed by atoms with E-state index >= 15 is 0 Å². The Bertz CT molecular complexity index is 1120. The van der Waals surface area contributed by atoms with E-state index in [4.69, 9.17) is 0 Å². The van der Waals surface area contributed by atoms with Gasteiger partial charge in [-0.2, -0.15) is 0 Å². The van der Waals surface area contributed by atoms with Crippen molar-refractivity contribution in [3.05, 3.63) is 70.5 Å². The number of nitrogens with one attached hydrogen (secondary N) is 2. The lowest BCUT2D eigenvalue weighted by Gasteiger charge is -2.23. The topological polar surface area (TPSA) is 88.9 Å². The SMILES string of the molecule is Cc1cccc(CSc2nnc(CC3CC(=O)NC(=O)N3)n2-c2cc(C)ccc2C)c1. The zero-order chi connectivity index (χ0) is 22.0. The quantitative estimate of drug-likeness (QED) is 0.577. The van der Waals surface area contributed by atoms with Crippen molar-refractivity contribution >= 4 is 23.7 Å². The molecule has 1 aliphatic heterocycles. The maximum absolute atomic E-state index is 11.8. The number of thioether (sulfide) groups is 1. The highest BCUT2D eigenvalue weighted by atomic mass is 32.2. The lowest BCUT2D eigenvalue weighted by molar-refractivity contribution is -0.121. The van der Waals surface area contributed by atoms with Gasteiger partial charge in [0.15, 0.2) is 5.16 Å². The number of benzene rings is 2. The summed E-state index contributed by atoms with van der Waals surface area (Å²) in [5.41, 5.74) is 5.70. The van der Waals surface area contributed by atoms with Crippen molar-refractivity contribution in [3.63, 3.8) is 0 Å². The highest BCUT2D eigenvalue weighted by Crippen LogP contribution is 2.28. The Morgan fingerprint density at radius 2 is 1.87 bits per heavy atom. The van der Waals surface area contributed by atoms with Crippen LogP contribution in [0.2, 0.25) is 0 Å². The summed E-state index contributed by atoms with van der Waals surface area (Å²) < 4.78 is 2.06. The van der Waals surface area contributed by atoms with Gasteiger partial charge >= 0.3 is 6.03 Å². The Labute approximate surface area is 185 Å².